The van der Waals surface area contributed by atoms with Crippen LogP contribution in [-0.2, 0) is 0 Å². The molecule has 1 aliphatic rings. The van der Waals surface area contributed by atoms with E-state index >= 15 is 0 Å². The first-order chi connectivity index (χ1) is 15.2. The summed E-state index contributed by atoms with van der Waals surface area (Å²) in [6, 6.07) is 3.12. The van der Waals surface area contributed by atoms with Crippen LogP contribution in [0.3, 0.4) is 0 Å². The number of imidazole rings is 1. The van der Waals surface area contributed by atoms with E-state index in [2.05, 4.69) is 34.8 Å². The fraction of sp³-hybridized carbons (Fsp3) is 0.211. The molecule has 6 heterocycles. The molecular weight excluding hydrogens is 452 g/mol. The number of fused-ring (bicyclic) bond motifs is 2. The molecule has 0 radical (unpaired) electrons. The zero-order chi connectivity index (χ0) is 20.9. The first kappa shape index (κ1) is 20.4. The SMILES string of the molecule is O=c1c2c(Cl)ccn2nc([C@@H]2CCCN2c2ncnc3nc[nH]c23)n1-c1ccncn1.S. The van der Waals surface area contributed by atoms with E-state index in [9.17, 15) is 4.79 Å². The molecule has 0 aromatic carbocycles. The van der Waals surface area contributed by atoms with Crippen LogP contribution in [0.25, 0.3) is 22.5 Å². The smallest absolute Gasteiger partial charge is 0.285 e. The molecule has 11 nitrogen and oxygen atoms in total. The van der Waals surface area contributed by atoms with Gasteiger partial charge >= 0.3 is 0 Å². The topological polar surface area (TPSA) is 123 Å². The highest BCUT2D eigenvalue weighted by molar-refractivity contribution is 7.59. The maximum absolute atomic E-state index is 13.5. The Kier molecular flexibility index (Phi) is 5.02. The van der Waals surface area contributed by atoms with E-state index in [1.807, 2.05) is 0 Å². The molecular formula is C19H17ClN10OS. The van der Waals surface area contributed by atoms with Crippen molar-refractivity contribution in [2.45, 2.75) is 18.9 Å². The Balaban J connectivity index is 0.00000216. The summed E-state index contributed by atoms with van der Waals surface area (Å²) in [5.74, 6) is 1.70. The molecule has 1 N–H and O–H groups in total. The zero-order valence-corrected chi connectivity index (χ0v) is 18.3. The van der Waals surface area contributed by atoms with Crippen molar-refractivity contribution in [1.29, 1.82) is 0 Å². The highest BCUT2D eigenvalue weighted by Gasteiger charge is 2.34. The predicted octanol–water partition coefficient (Wildman–Crippen LogP) is 2.05. The molecule has 1 aliphatic heterocycles. The van der Waals surface area contributed by atoms with Gasteiger partial charge in [-0.25, -0.2) is 34.0 Å². The van der Waals surface area contributed by atoms with E-state index in [1.165, 1.54) is 21.7 Å². The molecule has 1 saturated heterocycles. The molecule has 5 aromatic rings. The van der Waals surface area contributed by atoms with Crippen molar-refractivity contribution in [3.05, 3.63) is 64.7 Å². The number of nitrogens with one attached hydrogen (secondary N) is 1. The Morgan fingerprint density at radius 1 is 1.12 bits per heavy atom. The molecule has 0 bridgehead atoms. The lowest BCUT2D eigenvalue weighted by Gasteiger charge is -2.27. The minimum absolute atomic E-state index is 0. The Morgan fingerprint density at radius 2 is 2.03 bits per heavy atom. The highest BCUT2D eigenvalue weighted by Crippen LogP contribution is 2.36. The Morgan fingerprint density at radius 3 is 2.88 bits per heavy atom. The summed E-state index contributed by atoms with van der Waals surface area (Å²) in [6.45, 7) is 0.750. The first-order valence-electron chi connectivity index (χ1n) is 9.69. The van der Waals surface area contributed by atoms with E-state index in [4.69, 9.17) is 16.7 Å². The van der Waals surface area contributed by atoms with Crippen LogP contribution in [0.5, 0.6) is 0 Å². The van der Waals surface area contributed by atoms with Crippen molar-refractivity contribution in [3.63, 3.8) is 0 Å². The van der Waals surface area contributed by atoms with Gasteiger partial charge in [0, 0.05) is 18.9 Å². The average Bonchev–Trinajstić information content (AvgIpc) is 3.53. The van der Waals surface area contributed by atoms with Crippen LogP contribution in [-0.4, -0.2) is 50.6 Å². The van der Waals surface area contributed by atoms with Gasteiger partial charge < -0.3 is 9.88 Å². The van der Waals surface area contributed by atoms with Crippen LogP contribution in [0.15, 0.2) is 48.3 Å². The second kappa shape index (κ2) is 7.88. The number of aromatic amines is 1. The summed E-state index contributed by atoms with van der Waals surface area (Å²) < 4.78 is 3.04. The van der Waals surface area contributed by atoms with Gasteiger partial charge in [0.1, 0.15) is 29.5 Å². The third-order valence-corrected chi connectivity index (χ3v) is 5.79. The molecule has 0 spiro atoms. The van der Waals surface area contributed by atoms with Crippen molar-refractivity contribution in [2.75, 3.05) is 11.4 Å². The van der Waals surface area contributed by atoms with Gasteiger partial charge in [-0.05, 0) is 25.0 Å². The zero-order valence-electron chi connectivity index (χ0n) is 16.6. The molecule has 32 heavy (non-hydrogen) atoms. The summed E-state index contributed by atoms with van der Waals surface area (Å²) in [5.41, 5.74) is 1.34. The number of aromatic nitrogens is 9. The summed E-state index contributed by atoms with van der Waals surface area (Å²) >= 11 is 6.28. The van der Waals surface area contributed by atoms with E-state index < -0.39 is 0 Å². The minimum atomic E-state index is -0.292. The lowest BCUT2D eigenvalue weighted by Crippen LogP contribution is -2.33. The number of H-pyrrole nitrogens is 1. The summed E-state index contributed by atoms with van der Waals surface area (Å²) in [4.78, 5) is 40.0. The second-order valence-corrected chi connectivity index (χ2v) is 7.58. The van der Waals surface area contributed by atoms with Crippen LogP contribution < -0.4 is 10.5 Å². The van der Waals surface area contributed by atoms with Crippen molar-refractivity contribution >= 4 is 47.6 Å². The summed E-state index contributed by atoms with van der Waals surface area (Å²) in [6.07, 6.45) is 9.47. The molecule has 1 fully saturated rings. The van der Waals surface area contributed by atoms with E-state index in [-0.39, 0.29) is 25.1 Å². The number of nitrogens with zero attached hydrogens (tertiary/aromatic N) is 9. The quantitative estimate of drug-likeness (QED) is 0.426. The number of hydrogen-bond donors (Lipinski definition) is 1. The molecule has 0 saturated carbocycles. The maximum Gasteiger partial charge on any atom is 0.285 e. The fourth-order valence-corrected chi connectivity index (χ4v) is 4.38. The molecule has 1 atom stereocenters. The lowest BCUT2D eigenvalue weighted by molar-refractivity contribution is 0.597. The Hall–Kier alpha value is -3.51. The van der Waals surface area contributed by atoms with Crippen molar-refractivity contribution < 1.29 is 0 Å². The van der Waals surface area contributed by atoms with Gasteiger partial charge in [0.05, 0.1) is 17.4 Å². The summed E-state index contributed by atoms with van der Waals surface area (Å²) in [7, 11) is 0. The summed E-state index contributed by atoms with van der Waals surface area (Å²) in [5, 5.41) is 5.12. The van der Waals surface area contributed by atoms with Crippen LogP contribution >= 0.6 is 25.1 Å². The molecule has 0 aliphatic carbocycles. The van der Waals surface area contributed by atoms with Gasteiger partial charge in [-0.15, -0.1) is 0 Å². The van der Waals surface area contributed by atoms with Gasteiger partial charge in [0.25, 0.3) is 5.56 Å². The molecule has 13 heteroatoms. The van der Waals surface area contributed by atoms with E-state index in [0.29, 0.717) is 27.8 Å². The standard InChI is InChI=1S/C19H15ClN10O.H2S/c20-11-4-7-29-15(11)19(31)30(13-3-5-21-8-22-13)17(27-29)12-2-1-6-28(12)18-14-16(24-9-23-14)25-10-26-18;/h3-5,7-10,12H,1-2,6H2,(H,23,24,25,26);1H2/t12-;/m0./s1. The molecule has 162 valence electrons. The highest BCUT2D eigenvalue weighted by atomic mass is 35.5. The molecule has 0 amide bonds. The Labute approximate surface area is 192 Å². The van der Waals surface area contributed by atoms with E-state index in [0.717, 1.165) is 30.7 Å². The Bertz CT molecular complexity index is 1480. The first-order valence-corrected chi connectivity index (χ1v) is 10.1. The molecule has 0 unspecified atom stereocenters. The third kappa shape index (κ3) is 3.02. The monoisotopic (exact) mass is 468 g/mol. The largest absolute Gasteiger partial charge is 0.344 e. The lowest BCUT2D eigenvalue weighted by atomic mass is 10.2. The van der Waals surface area contributed by atoms with Crippen LogP contribution in [0.4, 0.5) is 5.82 Å². The predicted molar refractivity (Wildman–Crippen MR) is 123 cm³/mol. The van der Waals surface area contributed by atoms with Crippen LogP contribution in [0, 0.1) is 0 Å². The van der Waals surface area contributed by atoms with Crippen LogP contribution in [0.2, 0.25) is 5.02 Å². The molecule has 6 rings (SSSR count). The minimum Gasteiger partial charge on any atom is -0.344 e. The maximum atomic E-state index is 13.5. The third-order valence-electron chi connectivity index (χ3n) is 5.48. The van der Waals surface area contributed by atoms with Gasteiger partial charge in [0.2, 0.25) is 0 Å². The van der Waals surface area contributed by atoms with E-state index in [1.54, 1.807) is 30.9 Å². The second-order valence-electron chi connectivity index (χ2n) is 7.17. The molecule has 5 aromatic heterocycles. The van der Waals surface area contributed by atoms with Crippen molar-refractivity contribution in [3.8, 4) is 5.82 Å². The number of halogens is 1. The van der Waals surface area contributed by atoms with Gasteiger partial charge in [-0.1, -0.05) is 11.6 Å². The fourth-order valence-electron chi connectivity index (χ4n) is 4.16. The number of anilines is 1. The van der Waals surface area contributed by atoms with Gasteiger partial charge in [-0.3, -0.25) is 4.79 Å². The van der Waals surface area contributed by atoms with Crippen LogP contribution in [0.1, 0.15) is 24.7 Å². The average molecular weight is 469 g/mol. The van der Waals surface area contributed by atoms with Gasteiger partial charge in [-0.2, -0.15) is 18.6 Å². The van der Waals surface area contributed by atoms with Crippen molar-refractivity contribution in [2.24, 2.45) is 0 Å². The van der Waals surface area contributed by atoms with Crippen molar-refractivity contribution in [1.82, 2.24) is 44.1 Å². The normalized spacial score (nSPS) is 16.0. The van der Waals surface area contributed by atoms with Gasteiger partial charge in [0.15, 0.2) is 17.3 Å². The number of hydrogen-bond acceptors (Lipinski definition) is 8. The number of rotatable bonds is 3.